The highest BCUT2D eigenvalue weighted by Crippen LogP contribution is 2.24. The van der Waals surface area contributed by atoms with Crippen LogP contribution in [0.2, 0.25) is 0 Å². The zero-order chi connectivity index (χ0) is 18.4. The van der Waals surface area contributed by atoms with Crippen molar-refractivity contribution in [2.45, 2.75) is 34.2 Å². The van der Waals surface area contributed by atoms with Gasteiger partial charge in [-0.3, -0.25) is 0 Å². The molecule has 0 fully saturated rings. The molecule has 0 saturated carbocycles. The van der Waals surface area contributed by atoms with Gasteiger partial charge in [0.2, 0.25) is 0 Å². The van der Waals surface area contributed by atoms with E-state index in [0.717, 1.165) is 23.6 Å². The first-order chi connectivity index (χ1) is 11.8. The van der Waals surface area contributed by atoms with Crippen LogP contribution in [0, 0.1) is 5.41 Å². The summed E-state index contributed by atoms with van der Waals surface area (Å²) in [6, 6.07) is 16.6. The van der Waals surface area contributed by atoms with Crippen LogP contribution in [-0.4, -0.2) is 7.11 Å². The van der Waals surface area contributed by atoms with E-state index in [1.165, 1.54) is 16.7 Å². The van der Waals surface area contributed by atoms with Gasteiger partial charge in [0, 0.05) is 12.2 Å². The molecule has 0 heterocycles. The predicted molar refractivity (Wildman–Crippen MR) is 108 cm³/mol. The van der Waals surface area contributed by atoms with Gasteiger partial charge in [0.15, 0.2) is 0 Å². The maximum atomic E-state index is 5.26. The van der Waals surface area contributed by atoms with Gasteiger partial charge in [-0.05, 0) is 46.7 Å². The summed E-state index contributed by atoms with van der Waals surface area (Å²) in [5, 5.41) is 3.39. The van der Waals surface area contributed by atoms with Crippen LogP contribution in [0.4, 0.5) is 0 Å². The van der Waals surface area contributed by atoms with Crippen LogP contribution in [0.5, 0.6) is 5.75 Å². The van der Waals surface area contributed by atoms with E-state index < -0.39 is 0 Å². The van der Waals surface area contributed by atoms with E-state index >= 15 is 0 Å². The first-order valence-electron chi connectivity index (χ1n) is 8.64. The second kappa shape index (κ2) is 8.06. The van der Waals surface area contributed by atoms with Gasteiger partial charge >= 0.3 is 0 Å². The van der Waals surface area contributed by atoms with E-state index in [1.807, 2.05) is 18.2 Å². The van der Waals surface area contributed by atoms with E-state index in [9.17, 15) is 0 Å². The van der Waals surface area contributed by atoms with Crippen molar-refractivity contribution in [1.29, 1.82) is 0 Å². The van der Waals surface area contributed by atoms with E-state index in [1.54, 1.807) is 7.11 Å². The van der Waals surface area contributed by atoms with Crippen molar-refractivity contribution >= 4 is 11.3 Å². The third-order valence-electron chi connectivity index (χ3n) is 3.98. The molecule has 0 aliphatic heterocycles. The van der Waals surface area contributed by atoms with Gasteiger partial charge < -0.3 is 10.1 Å². The summed E-state index contributed by atoms with van der Waals surface area (Å²) in [6.45, 7) is 13.7. The SMILES string of the molecule is C=C(NCc1cccc(OC)c1)c1ccc(/C(C)=C/C(C)(C)C)cc1. The van der Waals surface area contributed by atoms with Crippen molar-refractivity contribution in [2.24, 2.45) is 5.41 Å². The molecule has 0 aliphatic rings. The molecule has 0 bridgehead atoms. The molecule has 0 spiro atoms. The molecule has 25 heavy (non-hydrogen) atoms. The minimum atomic E-state index is 0.185. The summed E-state index contributed by atoms with van der Waals surface area (Å²) in [4.78, 5) is 0. The van der Waals surface area contributed by atoms with Crippen molar-refractivity contribution in [1.82, 2.24) is 5.32 Å². The lowest BCUT2D eigenvalue weighted by Crippen LogP contribution is -2.11. The van der Waals surface area contributed by atoms with Gasteiger partial charge in [-0.15, -0.1) is 0 Å². The maximum Gasteiger partial charge on any atom is 0.119 e. The summed E-state index contributed by atoms with van der Waals surface area (Å²) in [7, 11) is 1.68. The summed E-state index contributed by atoms with van der Waals surface area (Å²) >= 11 is 0. The molecule has 0 amide bonds. The number of hydrogen-bond acceptors (Lipinski definition) is 2. The van der Waals surface area contributed by atoms with Crippen LogP contribution in [0.25, 0.3) is 11.3 Å². The fourth-order valence-electron chi connectivity index (χ4n) is 2.76. The molecule has 2 aromatic rings. The molecule has 2 rings (SSSR count). The van der Waals surface area contributed by atoms with Gasteiger partial charge in [0.1, 0.15) is 5.75 Å². The molecule has 0 atom stereocenters. The maximum absolute atomic E-state index is 5.26. The van der Waals surface area contributed by atoms with Crippen LogP contribution in [0.15, 0.2) is 61.2 Å². The quantitative estimate of drug-likeness (QED) is 0.709. The van der Waals surface area contributed by atoms with Gasteiger partial charge in [0.25, 0.3) is 0 Å². The number of methoxy groups -OCH3 is 1. The zero-order valence-corrected chi connectivity index (χ0v) is 16.0. The topological polar surface area (TPSA) is 21.3 Å². The van der Waals surface area contributed by atoms with Crippen LogP contribution >= 0.6 is 0 Å². The van der Waals surface area contributed by atoms with Crippen molar-refractivity contribution in [2.75, 3.05) is 7.11 Å². The Labute approximate surface area is 152 Å². The molecule has 2 heteroatoms. The number of hydrogen-bond donors (Lipinski definition) is 1. The van der Waals surface area contributed by atoms with Gasteiger partial charge in [0.05, 0.1) is 7.11 Å². The van der Waals surface area contributed by atoms with Gasteiger partial charge in [-0.25, -0.2) is 0 Å². The number of benzene rings is 2. The average Bonchev–Trinajstić information content (AvgIpc) is 2.58. The number of allylic oxidation sites excluding steroid dienone is 2. The lowest BCUT2D eigenvalue weighted by molar-refractivity contribution is 0.414. The highest BCUT2D eigenvalue weighted by atomic mass is 16.5. The van der Waals surface area contributed by atoms with Gasteiger partial charge in [-0.1, -0.05) is 69.8 Å². The Kier molecular flexibility index (Phi) is 6.08. The first kappa shape index (κ1) is 18.9. The Balaban J connectivity index is 2.01. The monoisotopic (exact) mass is 335 g/mol. The largest absolute Gasteiger partial charge is 0.497 e. The molecule has 0 aromatic heterocycles. The van der Waals surface area contributed by atoms with Crippen molar-refractivity contribution in [3.8, 4) is 5.75 Å². The Hall–Kier alpha value is -2.48. The molecule has 132 valence electrons. The minimum absolute atomic E-state index is 0.185. The Morgan fingerprint density at radius 3 is 2.32 bits per heavy atom. The Morgan fingerprint density at radius 2 is 1.72 bits per heavy atom. The van der Waals surface area contributed by atoms with E-state index in [4.69, 9.17) is 4.74 Å². The molecular weight excluding hydrogens is 306 g/mol. The number of nitrogens with one attached hydrogen (secondary N) is 1. The Bertz CT molecular complexity index is 748. The molecule has 0 unspecified atom stereocenters. The van der Waals surface area contributed by atoms with Crippen LogP contribution in [0.3, 0.4) is 0 Å². The lowest BCUT2D eigenvalue weighted by Gasteiger charge is -2.15. The second-order valence-corrected chi connectivity index (χ2v) is 7.45. The summed E-state index contributed by atoms with van der Waals surface area (Å²) < 4.78 is 5.26. The third kappa shape index (κ3) is 5.82. The van der Waals surface area contributed by atoms with E-state index in [0.29, 0.717) is 0 Å². The fraction of sp³-hybridized carbons (Fsp3) is 0.304. The first-order valence-corrected chi connectivity index (χ1v) is 8.64. The summed E-state index contributed by atoms with van der Waals surface area (Å²) in [6.07, 6.45) is 2.30. The lowest BCUT2D eigenvalue weighted by atomic mass is 9.91. The zero-order valence-electron chi connectivity index (χ0n) is 16.0. The van der Waals surface area contributed by atoms with Crippen LogP contribution < -0.4 is 10.1 Å². The van der Waals surface area contributed by atoms with Crippen LogP contribution in [0.1, 0.15) is 44.4 Å². The summed E-state index contributed by atoms with van der Waals surface area (Å²) in [5.41, 5.74) is 5.93. The molecule has 1 N–H and O–H groups in total. The molecule has 2 aromatic carbocycles. The molecule has 0 saturated heterocycles. The molecule has 0 aliphatic carbocycles. The molecular formula is C23H29NO. The minimum Gasteiger partial charge on any atom is -0.497 e. The second-order valence-electron chi connectivity index (χ2n) is 7.45. The van der Waals surface area contributed by atoms with Gasteiger partial charge in [-0.2, -0.15) is 0 Å². The van der Waals surface area contributed by atoms with Crippen LogP contribution in [-0.2, 0) is 6.54 Å². The normalized spacial score (nSPS) is 12.0. The summed E-state index contributed by atoms with van der Waals surface area (Å²) in [5.74, 6) is 0.871. The molecule has 2 nitrogen and oxygen atoms in total. The fourth-order valence-corrected chi connectivity index (χ4v) is 2.76. The van der Waals surface area contributed by atoms with E-state index in [-0.39, 0.29) is 5.41 Å². The highest BCUT2D eigenvalue weighted by Gasteiger charge is 2.08. The average molecular weight is 335 g/mol. The molecule has 0 radical (unpaired) electrons. The smallest absolute Gasteiger partial charge is 0.119 e. The number of ether oxygens (including phenoxy) is 1. The van der Waals surface area contributed by atoms with Crippen molar-refractivity contribution < 1.29 is 4.74 Å². The third-order valence-corrected chi connectivity index (χ3v) is 3.98. The Morgan fingerprint density at radius 1 is 1.08 bits per heavy atom. The highest BCUT2D eigenvalue weighted by molar-refractivity contribution is 5.68. The number of rotatable bonds is 6. The predicted octanol–water partition coefficient (Wildman–Crippen LogP) is 5.91. The van der Waals surface area contributed by atoms with E-state index in [2.05, 4.69) is 76.0 Å². The van der Waals surface area contributed by atoms with Crippen molar-refractivity contribution in [3.63, 3.8) is 0 Å². The van der Waals surface area contributed by atoms with Crippen molar-refractivity contribution in [3.05, 3.63) is 77.9 Å². The standard InChI is InChI=1S/C23H29NO/c1-17(15-23(3,4)5)20-10-12-21(13-11-20)18(2)24-16-19-8-7-9-22(14-19)25-6/h7-15,24H,2,16H2,1,3-6H3/b17-15+.